The van der Waals surface area contributed by atoms with Crippen LogP contribution in [-0.4, -0.2) is 9.97 Å². The van der Waals surface area contributed by atoms with E-state index in [1.165, 1.54) is 16.0 Å². The van der Waals surface area contributed by atoms with E-state index in [1.54, 1.807) is 11.3 Å². The first-order chi connectivity index (χ1) is 12.0. The van der Waals surface area contributed by atoms with Crippen LogP contribution in [-0.2, 0) is 12.8 Å². The van der Waals surface area contributed by atoms with Gasteiger partial charge in [-0.05, 0) is 56.7 Å². The summed E-state index contributed by atoms with van der Waals surface area (Å²) in [5, 5.41) is 4.24. The van der Waals surface area contributed by atoms with E-state index in [-0.39, 0.29) is 11.6 Å². The molecule has 2 aromatic heterocycles. The van der Waals surface area contributed by atoms with E-state index in [1.807, 2.05) is 19.1 Å². The average molecular weight is 353 g/mol. The minimum absolute atomic E-state index is 0.00427. The minimum atomic E-state index is -0.0575. The van der Waals surface area contributed by atoms with Gasteiger partial charge in [-0.25, -0.2) is 4.98 Å². The first-order valence-corrected chi connectivity index (χ1v) is 9.70. The van der Waals surface area contributed by atoms with Gasteiger partial charge in [0.05, 0.1) is 11.4 Å². The lowest BCUT2D eigenvalue weighted by molar-refractivity contribution is 0.509. The van der Waals surface area contributed by atoms with Crippen LogP contribution in [0.2, 0.25) is 0 Å². The molecule has 2 heterocycles. The number of H-pyrrole nitrogens is 1. The number of benzene rings is 1. The van der Waals surface area contributed by atoms with Gasteiger partial charge in [-0.1, -0.05) is 24.6 Å². The largest absolute Gasteiger partial charge is 0.375 e. The van der Waals surface area contributed by atoms with Crippen LogP contribution in [0.1, 0.15) is 48.1 Å². The van der Waals surface area contributed by atoms with Gasteiger partial charge in [-0.3, -0.25) is 4.79 Å². The van der Waals surface area contributed by atoms with Crippen molar-refractivity contribution in [2.24, 2.45) is 5.92 Å². The quantitative estimate of drug-likeness (QED) is 0.724. The summed E-state index contributed by atoms with van der Waals surface area (Å²) in [4.78, 5) is 22.7. The molecule has 2 N–H and O–H groups in total. The zero-order valence-corrected chi connectivity index (χ0v) is 15.7. The summed E-state index contributed by atoms with van der Waals surface area (Å²) < 4.78 is 0. The van der Waals surface area contributed by atoms with Gasteiger partial charge in [-0.2, -0.15) is 0 Å². The smallest absolute Gasteiger partial charge is 0.259 e. The Labute approximate surface area is 151 Å². The molecule has 1 aromatic carbocycles. The summed E-state index contributed by atoms with van der Waals surface area (Å²) in [5.41, 5.74) is 3.49. The molecule has 0 fully saturated rings. The highest BCUT2D eigenvalue weighted by Gasteiger charge is 2.23. The molecule has 0 unspecified atom stereocenters. The number of aromatic nitrogens is 2. The lowest BCUT2D eigenvalue weighted by Crippen LogP contribution is -2.18. The van der Waals surface area contributed by atoms with Crippen molar-refractivity contribution >= 4 is 27.2 Å². The summed E-state index contributed by atoms with van der Waals surface area (Å²) >= 11 is 1.70. The minimum Gasteiger partial charge on any atom is -0.375 e. The fourth-order valence-corrected chi connectivity index (χ4v) is 4.93. The molecule has 4 nitrogen and oxygen atoms in total. The summed E-state index contributed by atoms with van der Waals surface area (Å²) in [5.74, 6) is 1.39. The maximum Gasteiger partial charge on any atom is 0.259 e. The molecule has 0 aliphatic heterocycles. The Morgan fingerprint density at radius 1 is 1.32 bits per heavy atom. The molecule has 3 aromatic rings. The standard InChI is InChI=1S/C20H23N3OS/c1-11-4-7-14(8-5-11)21-13(3)18-22-19(24)17-15-9-6-12(2)10-16(15)25-20(17)23-18/h4-5,7-8,12-13,21H,6,9-10H2,1-3H3,(H,22,23,24)/t12-,13-/m0/s1. The van der Waals surface area contributed by atoms with Crippen LogP contribution in [0.4, 0.5) is 5.69 Å². The van der Waals surface area contributed by atoms with Gasteiger partial charge in [0.1, 0.15) is 10.7 Å². The Morgan fingerprint density at radius 3 is 2.84 bits per heavy atom. The molecule has 2 atom stereocenters. The van der Waals surface area contributed by atoms with E-state index in [0.29, 0.717) is 11.7 Å². The summed E-state index contributed by atoms with van der Waals surface area (Å²) in [7, 11) is 0. The fraction of sp³-hybridized carbons (Fsp3) is 0.400. The highest BCUT2D eigenvalue weighted by Crippen LogP contribution is 2.35. The van der Waals surface area contributed by atoms with E-state index in [2.05, 4.69) is 36.3 Å². The normalized spacial score (nSPS) is 18.1. The van der Waals surface area contributed by atoms with E-state index in [0.717, 1.165) is 35.2 Å². The molecular weight excluding hydrogens is 330 g/mol. The number of hydrogen-bond acceptors (Lipinski definition) is 4. The van der Waals surface area contributed by atoms with Crippen molar-refractivity contribution in [3.63, 3.8) is 0 Å². The molecule has 0 radical (unpaired) electrons. The number of hydrogen-bond donors (Lipinski definition) is 2. The predicted octanol–water partition coefficient (Wildman–Crippen LogP) is 4.59. The predicted molar refractivity (Wildman–Crippen MR) is 105 cm³/mol. The van der Waals surface area contributed by atoms with Crippen LogP contribution in [0.3, 0.4) is 0 Å². The number of anilines is 1. The molecule has 0 saturated heterocycles. The Bertz CT molecular complexity index is 971. The number of thiophene rings is 1. The molecule has 0 saturated carbocycles. The zero-order chi connectivity index (χ0) is 17.6. The van der Waals surface area contributed by atoms with Gasteiger partial charge in [0.2, 0.25) is 0 Å². The van der Waals surface area contributed by atoms with Crippen molar-refractivity contribution in [2.75, 3.05) is 5.32 Å². The van der Waals surface area contributed by atoms with Gasteiger partial charge in [0.15, 0.2) is 0 Å². The molecule has 0 amide bonds. The number of fused-ring (bicyclic) bond motifs is 3. The zero-order valence-electron chi connectivity index (χ0n) is 14.8. The summed E-state index contributed by atoms with van der Waals surface area (Å²) in [6.07, 6.45) is 3.23. The second-order valence-corrected chi connectivity index (χ2v) is 8.30. The van der Waals surface area contributed by atoms with Crippen LogP contribution < -0.4 is 10.9 Å². The Kier molecular flexibility index (Phi) is 4.12. The topological polar surface area (TPSA) is 57.8 Å². The number of aryl methyl sites for hydroxylation is 2. The molecule has 4 rings (SSSR count). The first-order valence-electron chi connectivity index (χ1n) is 8.89. The van der Waals surface area contributed by atoms with E-state index < -0.39 is 0 Å². The lowest BCUT2D eigenvalue weighted by atomic mass is 9.89. The van der Waals surface area contributed by atoms with Gasteiger partial charge >= 0.3 is 0 Å². The van der Waals surface area contributed by atoms with Crippen molar-refractivity contribution in [3.8, 4) is 0 Å². The molecule has 0 bridgehead atoms. The van der Waals surface area contributed by atoms with Crippen molar-refractivity contribution in [3.05, 3.63) is 56.4 Å². The fourth-order valence-electron chi connectivity index (χ4n) is 3.54. The number of nitrogens with one attached hydrogen (secondary N) is 2. The van der Waals surface area contributed by atoms with Gasteiger partial charge < -0.3 is 10.3 Å². The number of rotatable bonds is 3. The van der Waals surface area contributed by atoms with Crippen molar-refractivity contribution in [2.45, 2.75) is 46.1 Å². The Hall–Kier alpha value is -2.14. The van der Waals surface area contributed by atoms with E-state index >= 15 is 0 Å². The van der Waals surface area contributed by atoms with Crippen LogP contribution in [0.25, 0.3) is 10.2 Å². The Balaban J connectivity index is 1.68. The molecule has 5 heteroatoms. The van der Waals surface area contributed by atoms with Crippen LogP contribution in [0.5, 0.6) is 0 Å². The van der Waals surface area contributed by atoms with E-state index in [9.17, 15) is 4.79 Å². The molecule has 1 aliphatic rings. The molecule has 1 aliphatic carbocycles. The van der Waals surface area contributed by atoms with E-state index in [4.69, 9.17) is 4.98 Å². The highest BCUT2D eigenvalue weighted by molar-refractivity contribution is 7.18. The Morgan fingerprint density at radius 2 is 2.08 bits per heavy atom. The van der Waals surface area contributed by atoms with Crippen molar-refractivity contribution in [1.29, 1.82) is 0 Å². The van der Waals surface area contributed by atoms with Crippen molar-refractivity contribution in [1.82, 2.24) is 9.97 Å². The molecule has 25 heavy (non-hydrogen) atoms. The SMILES string of the molecule is Cc1ccc(N[C@@H](C)c2nc3sc4c(c3c(=O)[nH]2)CC[C@H](C)C4)cc1. The van der Waals surface area contributed by atoms with Crippen molar-refractivity contribution < 1.29 is 0 Å². The second kappa shape index (κ2) is 6.30. The number of aromatic amines is 1. The lowest BCUT2D eigenvalue weighted by Gasteiger charge is -2.17. The third-order valence-electron chi connectivity index (χ3n) is 5.03. The van der Waals surface area contributed by atoms with Crippen LogP contribution in [0.15, 0.2) is 29.1 Å². The average Bonchev–Trinajstić information content (AvgIpc) is 2.94. The second-order valence-electron chi connectivity index (χ2n) is 7.22. The number of nitrogens with zero attached hydrogens (tertiary/aromatic N) is 1. The first kappa shape index (κ1) is 16.3. The maximum absolute atomic E-state index is 12.7. The molecule has 0 spiro atoms. The summed E-state index contributed by atoms with van der Waals surface area (Å²) in [6, 6.07) is 8.19. The maximum atomic E-state index is 12.7. The summed E-state index contributed by atoms with van der Waals surface area (Å²) in [6.45, 7) is 6.38. The van der Waals surface area contributed by atoms with Gasteiger partial charge in [-0.15, -0.1) is 11.3 Å². The van der Waals surface area contributed by atoms with Gasteiger partial charge in [0, 0.05) is 10.6 Å². The molecule has 130 valence electrons. The highest BCUT2D eigenvalue weighted by atomic mass is 32.1. The monoisotopic (exact) mass is 353 g/mol. The third kappa shape index (κ3) is 3.09. The van der Waals surface area contributed by atoms with Crippen LogP contribution in [0, 0.1) is 12.8 Å². The third-order valence-corrected chi connectivity index (χ3v) is 6.18. The van der Waals surface area contributed by atoms with Gasteiger partial charge in [0.25, 0.3) is 5.56 Å². The molecular formula is C20H23N3OS. The van der Waals surface area contributed by atoms with Crippen LogP contribution >= 0.6 is 11.3 Å².